The van der Waals surface area contributed by atoms with Crippen molar-refractivity contribution in [2.75, 3.05) is 126 Å². The average molecular weight is 1230 g/mol. The molecule has 4 aromatic carbocycles. The quantitative estimate of drug-likeness (QED) is 0.0680. The van der Waals surface area contributed by atoms with Crippen LogP contribution < -0.4 is 29.1 Å². The zero-order valence-corrected chi connectivity index (χ0v) is 51.7. The summed E-state index contributed by atoms with van der Waals surface area (Å²) in [6.07, 6.45) is 7.37. The minimum absolute atomic E-state index is 0.0271. The summed E-state index contributed by atoms with van der Waals surface area (Å²) in [4.78, 5) is 64.4. The molecule has 2 aromatic heterocycles. The van der Waals surface area contributed by atoms with Gasteiger partial charge in [-0.15, -0.1) is 0 Å². The molecule has 6 aliphatic rings. The van der Waals surface area contributed by atoms with Crippen LogP contribution in [0.2, 0.25) is 10.0 Å². The lowest BCUT2D eigenvalue weighted by molar-refractivity contribution is -0.133. The smallest absolute Gasteiger partial charge is 0.318 e. The molecule has 0 spiro atoms. The predicted molar refractivity (Wildman–Crippen MR) is 340 cm³/mol. The molecule has 22 heteroatoms. The van der Waals surface area contributed by atoms with E-state index in [0.29, 0.717) is 108 Å². The third kappa shape index (κ3) is 12.2. The van der Waals surface area contributed by atoms with Crippen LogP contribution in [0.3, 0.4) is 0 Å². The van der Waals surface area contributed by atoms with Crippen molar-refractivity contribution < 1.29 is 28.9 Å². The Bertz CT molecular complexity index is 3760. The third-order valence-electron chi connectivity index (χ3n) is 18.8. The number of aromatic nitrogens is 4. The number of aliphatic hydroxyl groups is 1. The number of ether oxygens (including phenoxy) is 3. The minimum atomic E-state index is -0.396. The van der Waals surface area contributed by atoms with Gasteiger partial charge in [0, 0.05) is 110 Å². The number of fused-ring (bicyclic) bond motifs is 4. The van der Waals surface area contributed by atoms with Gasteiger partial charge < -0.3 is 53.6 Å². The Labute approximate surface area is 523 Å². The molecular formula is C66H74Cl2N14O6. The van der Waals surface area contributed by atoms with Gasteiger partial charge in [-0.25, -0.2) is 0 Å². The maximum absolute atomic E-state index is 13.4. The molecule has 1 N–H and O–H groups in total. The van der Waals surface area contributed by atoms with Crippen molar-refractivity contribution in [3.63, 3.8) is 0 Å². The first-order valence-electron chi connectivity index (χ1n) is 30.5. The van der Waals surface area contributed by atoms with E-state index in [1.165, 1.54) is 24.8 Å². The van der Waals surface area contributed by atoms with Crippen LogP contribution in [-0.4, -0.2) is 187 Å². The molecule has 1 unspecified atom stereocenters. The minimum Gasteiger partial charge on any atom is -0.492 e. The Balaban J connectivity index is 0.800. The molecule has 5 atom stereocenters. The van der Waals surface area contributed by atoms with Gasteiger partial charge in [-0.05, 0) is 99.3 Å². The second kappa shape index (κ2) is 26.4. The summed E-state index contributed by atoms with van der Waals surface area (Å²) in [5.41, 5.74) is 7.03. The SMILES string of the molecule is C=C(OC)C(=O)N1CCN(c2nc(OC[C@@H]3CCCN3C)nc3c2CCN(c2ccc(C4C[C@@H](COc5nc6c(c(N7CCN(C(=O)/C=C/CO)[C@@H](CC#N)C7)n5)CCN(c5cccc7cccc(Cl)c57)C6)N(C)C4)c4cccc(Cl)c24)C3)C[C@@H]1CC#N. The molecule has 2 amide bonds. The molecule has 0 saturated carbocycles. The number of amides is 2. The molecule has 20 nitrogen and oxygen atoms in total. The Morgan fingerprint density at radius 3 is 1.89 bits per heavy atom. The zero-order valence-electron chi connectivity index (χ0n) is 50.2. The van der Waals surface area contributed by atoms with Crippen molar-refractivity contribution in [2.24, 2.45) is 0 Å². The third-order valence-corrected chi connectivity index (χ3v) is 19.4. The number of benzene rings is 4. The molecule has 6 aromatic rings. The van der Waals surface area contributed by atoms with Crippen molar-refractivity contribution in [1.82, 2.24) is 39.5 Å². The van der Waals surface area contributed by atoms with Gasteiger partial charge in [-0.3, -0.25) is 14.5 Å². The number of anilines is 4. The van der Waals surface area contributed by atoms with Crippen molar-refractivity contribution in [3.05, 3.63) is 129 Å². The molecule has 0 bridgehead atoms. The maximum Gasteiger partial charge on any atom is 0.318 e. The van der Waals surface area contributed by atoms with Crippen molar-refractivity contribution in [3.8, 4) is 24.2 Å². The van der Waals surface area contributed by atoms with E-state index < -0.39 is 6.04 Å². The van der Waals surface area contributed by atoms with Crippen molar-refractivity contribution >= 4 is 79.6 Å². The zero-order chi connectivity index (χ0) is 61.2. The molecular weight excluding hydrogens is 1160 g/mol. The Hall–Kier alpha value is -7.98. The molecule has 458 valence electrons. The number of hydrogen-bond acceptors (Lipinski definition) is 18. The second-order valence-electron chi connectivity index (χ2n) is 23.9. The van der Waals surface area contributed by atoms with Crippen LogP contribution in [0.4, 0.5) is 23.0 Å². The van der Waals surface area contributed by atoms with E-state index >= 15 is 0 Å². The first-order valence-corrected chi connectivity index (χ1v) is 31.3. The highest BCUT2D eigenvalue weighted by molar-refractivity contribution is 6.37. The van der Waals surface area contributed by atoms with Gasteiger partial charge in [0.05, 0.1) is 85.3 Å². The van der Waals surface area contributed by atoms with E-state index in [1.807, 2.05) is 24.3 Å². The maximum atomic E-state index is 13.4. The summed E-state index contributed by atoms with van der Waals surface area (Å²) < 4.78 is 18.5. The fraction of sp³-hybridized carbons (Fsp3) is 0.455. The van der Waals surface area contributed by atoms with E-state index in [-0.39, 0.29) is 67.1 Å². The number of likely N-dealkylation sites (N-methyl/N-ethyl adjacent to an activating group) is 2. The molecule has 0 aliphatic carbocycles. The molecule has 4 saturated heterocycles. The van der Waals surface area contributed by atoms with Crippen LogP contribution in [-0.2, 0) is 40.3 Å². The number of carbonyl (C=O) groups excluding carboxylic acids is 2. The second-order valence-corrected chi connectivity index (χ2v) is 24.7. The lowest BCUT2D eigenvalue weighted by Gasteiger charge is -2.42. The normalized spacial score (nSPS) is 21.6. The Morgan fingerprint density at radius 2 is 1.27 bits per heavy atom. The van der Waals surface area contributed by atoms with Crippen LogP contribution in [0.15, 0.2) is 91.2 Å². The number of rotatable bonds is 17. The Morgan fingerprint density at radius 1 is 0.682 bits per heavy atom. The number of likely N-dealkylation sites (tertiary alicyclic amines) is 2. The lowest BCUT2D eigenvalue weighted by atomic mass is 9.90. The summed E-state index contributed by atoms with van der Waals surface area (Å²) in [5, 5.41) is 34.8. The van der Waals surface area contributed by atoms with Crippen LogP contribution in [0.1, 0.15) is 66.1 Å². The summed E-state index contributed by atoms with van der Waals surface area (Å²) in [7, 11) is 5.70. The lowest BCUT2D eigenvalue weighted by Crippen LogP contribution is -2.56. The van der Waals surface area contributed by atoms with E-state index in [4.69, 9.17) is 57.3 Å². The topological polar surface area (TPSA) is 207 Å². The first-order chi connectivity index (χ1) is 42.8. The standard InChI is InChI=1S/C66H74Cl2N14O6/c1-42(86-4)64(85)82-32-30-80(37-46(82)21-25-70)63-52-23-28-78(39-56(52)71-65(73-63)87-40-47-12-8-26-75(47)2)58-19-18-49(50-13-7-15-54(68)61(50)58)44-34-48(76(3)35-44)41-88-66-72-55-38-77(57-16-6-11-43-10-5-14-53(67)60(43)57)27-22-51(55)62(74-66)79-29-31-81(45(36-79)20-24-69)59(84)17-9-33-83/h5-7,9-11,13-19,44-48,83H,1,8,12,20-23,26-41H2,2-4H3/b17-9+/t44?,45-,46-,47-,48-/m0/s1. The van der Waals surface area contributed by atoms with E-state index in [9.17, 15) is 25.2 Å². The van der Waals surface area contributed by atoms with Crippen LogP contribution in [0.5, 0.6) is 12.0 Å². The Kier molecular flexibility index (Phi) is 18.1. The predicted octanol–water partition coefficient (Wildman–Crippen LogP) is 7.92. The van der Waals surface area contributed by atoms with Crippen LogP contribution in [0, 0.1) is 22.7 Å². The number of piperazine rings is 2. The highest BCUT2D eigenvalue weighted by Gasteiger charge is 2.39. The number of halogens is 2. The monoisotopic (exact) mass is 1230 g/mol. The highest BCUT2D eigenvalue weighted by atomic mass is 35.5. The molecule has 6 aliphatic heterocycles. The number of nitriles is 2. The summed E-state index contributed by atoms with van der Waals surface area (Å²) >= 11 is 14.2. The summed E-state index contributed by atoms with van der Waals surface area (Å²) in [5.74, 6) is 1.18. The van der Waals surface area contributed by atoms with Crippen LogP contribution >= 0.6 is 23.2 Å². The molecule has 12 rings (SSSR count). The fourth-order valence-electron chi connectivity index (χ4n) is 14.1. The van der Waals surface area contributed by atoms with Crippen molar-refractivity contribution in [2.45, 2.75) is 88.1 Å². The summed E-state index contributed by atoms with van der Waals surface area (Å²) in [6.45, 7) is 11.1. The number of carbonyl (C=O) groups is 2. The number of aliphatic hydroxyl groups excluding tert-OH is 1. The number of hydrogen-bond donors (Lipinski definition) is 1. The molecule has 4 fully saturated rings. The highest BCUT2D eigenvalue weighted by Crippen LogP contribution is 2.44. The van der Waals surface area contributed by atoms with Crippen molar-refractivity contribution in [1.29, 1.82) is 10.5 Å². The largest absolute Gasteiger partial charge is 0.492 e. The fourth-order valence-corrected chi connectivity index (χ4v) is 14.7. The van der Waals surface area contributed by atoms with Gasteiger partial charge >= 0.3 is 12.0 Å². The van der Waals surface area contributed by atoms with Gasteiger partial charge in [-0.1, -0.05) is 78.3 Å². The van der Waals surface area contributed by atoms with Gasteiger partial charge in [0.2, 0.25) is 5.91 Å². The van der Waals surface area contributed by atoms with Gasteiger partial charge in [-0.2, -0.15) is 30.5 Å². The van der Waals surface area contributed by atoms with Gasteiger partial charge in [0.25, 0.3) is 5.91 Å². The first kappa shape index (κ1) is 60.3. The number of methoxy groups -OCH3 is 1. The van der Waals surface area contributed by atoms with Gasteiger partial charge in [0.1, 0.15) is 24.8 Å². The van der Waals surface area contributed by atoms with E-state index in [0.717, 1.165) is 99.4 Å². The van der Waals surface area contributed by atoms with E-state index in [1.54, 1.807) is 9.80 Å². The molecule has 0 radical (unpaired) electrons. The van der Waals surface area contributed by atoms with Crippen LogP contribution in [0.25, 0.3) is 21.5 Å². The molecule has 8 heterocycles. The average Bonchev–Trinajstić information content (AvgIpc) is 1.23. The molecule has 88 heavy (non-hydrogen) atoms. The van der Waals surface area contributed by atoms with Gasteiger partial charge in [0.15, 0.2) is 5.76 Å². The van der Waals surface area contributed by atoms with E-state index in [2.05, 4.69) is 105 Å². The summed E-state index contributed by atoms with van der Waals surface area (Å²) in [6, 6.07) is 27.5. The number of nitrogens with zero attached hydrogens (tertiary/aromatic N) is 14.